The summed E-state index contributed by atoms with van der Waals surface area (Å²) < 4.78 is 16.7. The number of allylic oxidation sites excluding steroid dienone is 11. The number of carbonyl (C=O) groups excluding carboxylic acids is 2. The van der Waals surface area contributed by atoms with E-state index in [1.165, 1.54) is 199 Å². The number of rotatable bonds is 58. The van der Waals surface area contributed by atoms with E-state index in [2.05, 4.69) is 79.9 Å². The zero-order valence-electron chi connectivity index (χ0n) is 52.0. The highest BCUT2D eigenvalue weighted by Gasteiger charge is 2.44. The molecule has 81 heavy (non-hydrogen) atoms. The quantitative estimate of drug-likeness (QED) is 0.0195. The van der Waals surface area contributed by atoms with Crippen molar-refractivity contribution in [2.45, 2.75) is 339 Å². The van der Waals surface area contributed by atoms with Gasteiger partial charge in [0.05, 0.1) is 32.0 Å². The van der Waals surface area contributed by atoms with Crippen LogP contribution in [0.25, 0.3) is 0 Å². The van der Waals surface area contributed by atoms with Gasteiger partial charge in [-0.1, -0.05) is 254 Å². The van der Waals surface area contributed by atoms with Gasteiger partial charge in [-0.05, 0) is 103 Å². The smallest absolute Gasteiger partial charge is 0.305 e. The molecule has 1 fully saturated rings. The third kappa shape index (κ3) is 48.1. The number of ether oxygens (including phenoxy) is 3. The Hall–Kier alpha value is -2.90. The standard InChI is InChI=1S/C70H125NO10/c1-3-5-7-9-11-13-14-34-38-42-46-50-54-58-66(75)79-59-55-51-47-43-39-36-33-31-29-27-25-23-21-19-17-15-16-18-20-22-24-26-28-30-32-35-37-41-45-49-53-57-65(74)71-62(63(73)56-52-48-44-40-12-10-8-6-4-2)61-80-70-69(78)68(77)67(76)64(60-72)81-70/h7,9,12-14,17,19,23,25,40,52,56,62-64,67-70,72-73,76-78H,3-6,8,10-11,15-16,18,20-22,24,26-39,41-51,53-55,57-61H2,1-2H3,(H,71,74)/b9-7-,14-13-,19-17-,25-23-,40-12+,56-52+. The fourth-order valence-corrected chi connectivity index (χ4v) is 10.2. The number of aliphatic hydroxyl groups excluding tert-OH is 5. The average Bonchev–Trinajstić information content (AvgIpc) is 3.51. The summed E-state index contributed by atoms with van der Waals surface area (Å²) in [5.74, 6) is -0.205. The number of carbonyl (C=O) groups is 2. The van der Waals surface area contributed by atoms with Gasteiger partial charge in [-0.15, -0.1) is 0 Å². The van der Waals surface area contributed by atoms with E-state index in [-0.39, 0.29) is 18.5 Å². The van der Waals surface area contributed by atoms with Crippen molar-refractivity contribution in [3.63, 3.8) is 0 Å². The van der Waals surface area contributed by atoms with E-state index in [1.807, 2.05) is 6.08 Å². The van der Waals surface area contributed by atoms with Crippen molar-refractivity contribution in [1.29, 1.82) is 0 Å². The number of unbranched alkanes of at least 4 members (excludes halogenated alkanes) is 34. The first-order valence-electron chi connectivity index (χ1n) is 33.7. The lowest BCUT2D eigenvalue weighted by atomic mass is 9.99. The van der Waals surface area contributed by atoms with E-state index in [0.29, 0.717) is 19.4 Å². The maximum Gasteiger partial charge on any atom is 0.305 e. The summed E-state index contributed by atoms with van der Waals surface area (Å²) in [5, 5.41) is 54.2. The predicted octanol–water partition coefficient (Wildman–Crippen LogP) is 16.7. The van der Waals surface area contributed by atoms with Gasteiger partial charge in [0, 0.05) is 12.8 Å². The molecule has 11 nitrogen and oxygen atoms in total. The molecule has 0 aliphatic carbocycles. The van der Waals surface area contributed by atoms with Crippen molar-refractivity contribution < 1.29 is 49.3 Å². The Morgan fingerprint density at radius 3 is 1.35 bits per heavy atom. The van der Waals surface area contributed by atoms with Crippen molar-refractivity contribution in [2.24, 2.45) is 0 Å². The maximum atomic E-state index is 13.0. The summed E-state index contributed by atoms with van der Waals surface area (Å²) in [4.78, 5) is 25.0. The zero-order chi connectivity index (χ0) is 58.7. The first-order chi connectivity index (χ1) is 39.7. The van der Waals surface area contributed by atoms with Crippen LogP contribution in [0.3, 0.4) is 0 Å². The Morgan fingerprint density at radius 2 is 0.864 bits per heavy atom. The first-order valence-corrected chi connectivity index (χ1v) is 33.7. The minimum absolute atomic E-state index is 0.0112. The number of nitrogens with one attached hydrogen (secondary N) is 1. The molecule has 1 heterocycles. The van der Waals surface area contributed by atoms with Gasteiger partial charge in [-0.25, -0.2) is 0 Å². The van der Waals surface area contributed by atoms with Gasteiger partial charge in [-0.2, -0.15) is 0 Å². The molecule has 7 atom stereocenters. The Labute approximate surface area is 496 Å². The second-order valence-electron chi connectivity index (χ2n) is 23.2. The lowest BCUT2D eigenvalue weighted by molar-refractivity contribution is -0.302. The van der Waals surface area contributed by atoms with Crippen LogP contribution in [0.2, 0.25) is 0 Å². The second-order valence-corrected chi connectivity index (χ2v) is 23.2. The van der Waals surface area contributed by atoms with E-state index >= 15 is 0 Å². The highest BCUT2D eigenvalue weighted by molar-refractivity contribution is 5.76. The zero-order valence-corrected chi connectivity index (χ0v) is 52.0. The molecule has 1 saturated heterocycles. The highest BCUT2D eigenvalue weighted by Crippen LogP contribution is 2.23. The van der Waals surface area contributed by atoms with Crippen LogP contribution < -0.4 is 5.32 Å². The topological polar surface area (TPSA) is 175 Å². The molecule has 1 aliphatic heterocycles. The summed E-state index contributed by atoms with van der Waals surface area (Å²) in [6.07, 6.45) is 69.1. The number of amides is 1. The van der Waals surface area contributed by atoms with E-state index < -0.39 is 49.5 Å². The molecule has 11 heteroatoms. The monoisotopic (exact) mass is 1140 g/mol. The minimum atomic E-state index is -1.58. The first kappa shape index (κ1) is 76.1. The normalized spacial score (nSPS) is 18.7. The number of hydrogen-bond acceptors (Lipinski definition) is 10. The van der Waals surface area contributed by atoms with Crippen LogP contribution in [0, 0.1) is 0 Å². The number of aliphatic hydroxyl groups is 5. The molecule has 1 rings (SSSR count). The van der Waals surface area contributed by atoms with E-state index in [4.69, 9.17) is 14.2 Å². The van der Waals surface area contributed by atoms with Crippen molar-refractivity contribution >= 4 is 11.9 Å². The van der Waals surface area contributed by atoms with E-state index in [0.717, 1.165) is 70.6 Å². The SMILES string of the molecule is CCC/C=C\C/C=C\CCCCCCCC(=O)OCCCCCCCCCCC/C=C\C/C=C\CCCCCCCCCCCCCCCCCC(=O)NC(COC1OC(CO)C(O)C(O)C1O)C(O)/C=C/CC/C=C/CCCCC. The summed E-state index contributed by atoms with van der Waals surface area (Å²) >= 11 is 0. The molecule has 1 aliphatic rings. The van der Waals surface area contributed by atoms with Crippen LogP contribution >= 0.6 is 0 Å². The van der Waals surface area contributed by atoms with Crippen molar-refractivity contribution in [3.8, 4) is 0 Å². The van der Waals surface area contributed by atoms with Gasteiger partial charge in [-0.3, -0.25) is 9.59 Å². The third-order valence-electron chi connectivity index (χ3n) is 15.5. The van der Waals surface area contributed by atoms with Gasteiger partial charge < -0.3 is 45.1 Å². The Morgan fingerprint density at radius 1 is 0.457 bits per heavy atom. The van der Waals surface area contributed by atoms with Crippen molar-refractivity contribution in [2.75, 3.05) is 19.8 Å². The van der Waals surface area contributed by atoms with Crippen molar-refractivity contribution in [3.05, 3.63) is 72.9 Å². The second kappa shape index (κ2) is 58.9. The van der Waals surface area contributed by atoms with Crippen LogP contribution in [0.4, 0.5) is 0 Å². The summed E-state index contributed by atoms with van der Waals surface area (Å²) in [5.41, 5.74) is 0. The summed E-state index contributed by atoms with van der Waals surface area (Å²) in [6.45, 7) is 4.21. The Bertz CT molecular complexity index is 1580. The summed E-state index contributed by atoms with van der Waals surface area (Å²) in [7, 11) is 0. The molecule has 6 N–H and O–H groups in total. The fourth-order valence-electron chi connectivity index (χ4n) is 10.2. The molecule has 1 amide bonds. The van der Waals surface area contributed by atoms with Gasteiger partial charge >= 0.3 is 5.97 Å². The maximum absolute atomic E-state index is 13.0. The molecule has 0 saturated carbocycles. The van der Waals surface area contributed by atoms with E-state index in [9.17, 15) is 35.1 Å². The van der Waals surface area contributed by atoms with Crippen LogP contribution in [0.15, 0.2) is 72.9 Å². The van der Waals surface area contributed by atoms with Gasteiger partial charge in [0.25, 0.3) is 0 Å². The third-order valence-corrected chi connectivity index (χ3v) is 15.5. The molecule has 0 aromatic rings. The molecule has 0 spiro atoms. The fraction of sp³-hybridized carbons (Fsp3) is 0.800. The Balaban J connectivity index is 1.95. The summed E-state index contributed by atoms with van der Waals surface area (Å²) in [6, 6.07) is -0.827. The molecule has 0 aromatic heterocycles. The van der Waals surface area contributed by atoms with Gasteiger partial charge in [0.2, 0.25) is 5.91 Å². The van der Waals surface area contributed by atoms with Crippen LogP contribution in [-0.2, 0) is 23.8 Å². The highest BCUT2D eigenvalue weighted by atomic mass is 16.7. The lowest BCUT2D eigenvalue weighted by Crippen LogP contribution is -2.60. The van der Waals surface area contributed by atoms with E-state index in [1.54, 1.807) is 6.08 Å². The van der Waals surface area contributed by atoms with Crippen LogP contribution in [0.1, 0.15) is 296 Å². The molecule has 0 radical (unpaired) electrons. The van der Waals surface area contributed by atoms with Crippen molar-refractivity contribution in [1.82, 2.24) is 5.32 Å². The predicted molar refractivity (Wildman–Crippen MR) is 338 cm³/mol. The molecular weight excluding hydrogens is 1010 g/mol. The van der Waals surface area contributed by atoms with Gasteiger partial charge in [0.1, 0.15) is 24.4 Å². The van der Waals surface area contributed by atoms with Crippen LogP contribution in [-0.4, -0.2) is 100 Å². The minimum Gasteiger partial charge on any atom is -0.466 e. The lowest BCUT2D eigenvalue weighted by Gasteiger charge is -2.40. The largest absolute Gasteiger partial charge is 0.466 e. The Kier molecular flexibility index (Phi) is 55.3. The molecule has 7 unspecified atom stereocenters. The average molecular weight is 1140 g/mol. The molecule has 0 aromatic carbocycles. The molecule has 470 valence electrons. The number of esters is 1. The van der Waals surface area contributed by atoms with Crippen LogP contribution in [0.5, 0.6) is 0 Å². The van der Waals surface area contributed by atoms with Gasteiger partial charge in [0.15, 0.2) is 6.29 Å². The molecule has 0 bridgehead atoms. The molecular formula is C70H125NO10. The number of hydrogen-bond donors (Lipinski definition) is 6.